The topological polar surface area (TPSA) is 26.3 Å². The third kappa shape index (κ3) is 4.37. The molecule has 0 heterocycles. The lowest BCUT2D eigenvalue weighted by Gasteiger charge is -2.41. The maximum atomic E-state index is 12.5. The predicted molar refractivity (Wildman–Crippen MR) is 102 cm³/mol. The summed E-state index contributed by atoms with van der Waals surface area (Å²) in [5.41, 5.74) is 0. The van der Waals surface area contributed by atoms with Gasteiger partial charge in [-0.3, -0.25) is 4.79 Å². The number of thioether (sulfide) groups is 1. The van der Waals surface area contributed by atoms with Crippen LogP contribution in [0.3, 0.4) is 0 Å². The molecule has 0 aliphatic heterocycles. The van der Waals surface area contributed by atoms with Gasteiger partial charge in [-0.05, 0) is 49.7 Å². The fourth-order valence-corrected chi connectivity index (χ4v) is 4.90. The minimum absolute atomic E-state index is 0.0230. The van der Waals surface area contributed by atoms with Crippen molar-refractivity contribution < 1.29 is 9.22 Å². The molecule has 0 saturated heterocycles. The van der Waals surface area contributed by atoms with Crippen LogP contribution in [0.25, 0.3) is 0 Å². The molecule has 23 heavy (non-hydrogen) atoms. The Morgan fingerprint density at radius 1 is 1.22 bits per heavy atom. The molecule has 4 heteroatoms. The summed E-state index contributed by atoms with van der Waals surface area (Å²) in [4.78, 5) is 13.6. The van der Waals surface area contributed by atoms with Crippen LogP contribution in [0.2, 0.25) is 18.1 Å². The molecule has 2 atom stereocenters. The van der Waals surface area contributed by atoms with Crippen LogP contribution in [-0.4, -0.2) is 25.0 Å². The van der Waals surface area contributed by atoms with E-state index in [1.54, 1.807) is 17.8 Å². The van der Waals surface area contributed by atoms with Gasteiger partial charge in [-0.25, -0.2) is 0 Å². The molecule has 1 aliphatic rings. The SMILES string of the molecule is CC(C)(C)[Si](C)(C)O[C@@H]1C=CC(=O)[C@@](C)(Sc2ccccc2)C1. The molecule has 0 N–H and O–H groups in total. The van der Waals surface area contributed by atoms with E-state index in [0.717, 1.165) is 11.3 Å². The largest absolute Gasteiger partial charge is 0.410 e. The first-order valence-electron chi connectivity index (χ1n) is 8.18. The van der Waals surface area contributed by atoms with Gasteiger partial charge in [0.25, 0.3) is 0 Å². The van der Waals surface area contributed by atoms with Gasteiger partial charge < -0.3 is 4.43 Å². The van der Waals surface area contributed by atoms with Gasteiger partial charge in [0.2, 0.25) is 0 Å². The van der Waals surface area contributed by atoms with E-state index < -0.39 is 13.1 Å². The summed E-state index contributed by atoms with van der Waals surface area (Å²) in [6.45, 7) is 13.3. The first kappa shape index (κ1) is 18.5. The minimum atomic E-state index is -1.84. The lowest BCUT2D eigenvalue weighted by molar-refractivity contribution is -0.117. The average Bonchev–Trinajstić information content (AvgIpc) is 2.42. The van der Waals surface area contributed by atoms with Crippen molar-refractivity contribution in [2.24, 2.45) is 0 Å². The molecular weight excluding hydrogens is 320 g/mol. The molecule has 0 spiro atoms. The fraction of sp³-hybridized carbons (Fsp3) is 0.526. The fourth-order valence-electron chi connectivity index (χ4n) is 2.40. The molecule has 1 aromatic rings. The quantitative estimate of drug-likeness (QED) is 0.676. The van der Waals surface area contributed by atoms with E-state index in [-0.39, 0.29) is 16.9 Å². The molecule has 126 valence electrons. The monoisotopic (exact) mass is 348 g/mol. The van der Waals surface area contributed by atoms with Crippen molar-refractivity contribution in [3.05, 3.63) is 42.5 Å². The van der Waals surface area contributed by atoms with Gasteiger partial charge in [0.1, 0.15) is 0 Å². The Morgan fingerprint density at radius 3 is 2.39 bits per heavy atom. The number of carbonyl (C=O) groups is 1. The summed E-state index contributed by atoms with van der Waals surface area (Å²) in [7, 11) is -1.84. The van der Waals surface area contributed by atoms with Gasteiger partial charge in [0, 0.05) is 4.90 Å². The van der Waals surface area contributed by atoms with Crippen molar-refractivity contribution in [1.29, 1.82) is 0 Å². The van der Waals surface area contributed by atoms with Gasteiger partial charge in [0.05, 0.1) is 10.9 Å². The van der Waals surface area contributed by atoms with Crippen LogP contribution < -0.4 is 0 Å². The van der Waals surface area contributed by atoms with E-state index in [0.29, 0.717) is 0 Å². The second kappa shape index (κ2) is 6.58. The van der Waals surface area contributed by atoms with Gasteiger partial charge >= 0.3 is 0 Å². The second-order valence-corrected chi connectivity index (χ2v) is 14.3. The molecule has 0 amide bonds. The Morgan fingerprint density at radius 2 is 1.83 bits per heavy atom. The van der Waals surface area contributed by atoms with Crippen molar-refractivity contribution in [2.75, 3.05) is 0 Å². The van der Waals surface area contributed by atoms with Crippen LogP contribution in [0.15, 0.2) is 47.4 Å². The Bertz CT molecular complexity index is 589. The average molecular weight is 349 g/mol. The third-order valence-corrected chi connectivity index (χ3v) is 10.7. The first-order valence-corrected chi connectivity index (χ1v) is 11.9. The summed E-state index contributed by atoms with van der Waals surface area (Å²) >= 11 is 1.65. The van der Waals surface area contributed by atoms with E-state index in [1.807, 2.05) is 31.2 Å². The zero-order chi connectivity index (χ0) is 17.3. The van der Waals surface area contributed by atoms with Crippen molar-refractivity contribution in [2.45, 2.75) is 68.0 Å². The van der Waals surface area contributed by atoms with Crippen LogP contribution in [0.1, 0.15) is 34.1 Å². The maximum Gasteiger partial charge on any atom is 0.192 e. The van der Waals surface area contributed by atoms with E-state index in [9.17, 15) is 4.79 Å². The molecule has 2 nitrogen and oxygen atoms in total. The van der Waals surface area contributed by atoms with Crippen LogP contribution in [0.5, 0.6) is 0 Å². The molecule has 1 aliphatic carbocycles. The highest BCUT2D eigenvalue weighted by atomic mass is 32.2. The van der Waals surface area contributed by atoms with Crippen molar-refractivity contribution in [3.8, 4) is 0 Å². The highest BCUT2D eigenvalue weighted by Crippen LogP contribution is 2.43. The number of carbonyl (C=O) groups excluding carboxylic acids is 1. The number of benzene rings is 1. The Kier molecular flexibility index (Phi) is 5.29. The number of hydrogen-bond donors (Lipinski definition) is 0. The lowest BCUT2D eigenvalue weighted by Crippen LogP contribution is -2.47. The second-order valence-electron chi connectivity index (χ2n) is 7.99. The normalized spacial score (nSPS) is 25.7. The number of ketones is 1. The molecule has 0 fully saturated rings. The highest BCUT2D eigenvalue weighted by molar-refractivity contribution is 8.01. The molecular formula is C19H28O2SSi. The summed E-state index contributed by atoms with van der Waals surface area (Å²) in [6, 6.07) is 10.1. The first-order chi connectivity index (χ1) is 10.5. The van der Waals surface area contributed by atoms with E-state index in [4.69, 9.17) is 4.43 Å². The van der Waals surface area contributed by atoms with Gasteiger partial charge in [0.15, 0.2) is 14.1 Å². The van der Waals surface area contributed by atoms with E-state index >= 15 is 0 Å². The summed E-state index contributed by atoms with van der Waals surface area (Å²) in [5, 5.41) is 0.172. The smallest absolute Gasteiger partial charge is 0.192 e. The zero-order valence-electron chi connectivity index (χ0n) is 15.1. The maximum absolute atomic E-state index is 12.5. The van der Waals surface area contributed by atoms with Gasteiger partial charge in [-0.2, -0.15) is 0 Å². The van der Waals surface area contributed by atoms with Crippen LogP contribution in [-0.2, 0) is 9.22 Å². The molecule has 0 unspecified atom stereocenters. The summed E-state index contributed by atoms with van der Waals surface area (Å²) < 4.78 is 6.06. The Hall–Kier alpha value is -0.843. The highest BCUT2D eigenvalue weighted by Gasteiger charge is 2.43. The summed E-state index contributed by atoms with van der Waals surface area (Å²) in [5.74, 6) is 0.182. The van der Waals surface area contributed by atoms with Crippen molar-refractivity contribution in [1.82, 2.24) is 0 Å². The molecule has 0 radical (unpaired) electrons. The van der Waals surface area contributed by atoms with Crippen LogP contribution >= 0.6 is 11.8 Å². The predicted octanol–water partition coefficient (Wildman–Crippen LogP) is 5.46. The van der Waals surface area contributed by atoms with Crippen LogP contribution in [0, 0.1) is 0 Å². The molecule has 0 saturated carbocycles. The molecule has 0 bridgehead atoms. The van der Waals surface area contributed by atoms with Gasteiger partial charge in [-0.1, -0.05) is 45.0 Å². The van der Waals surface area contributed by atoms with E-state index in [1.165, 1.54) is 0 Å². The standard InChI is InChI=1S/C19H28O2SSi/c1-18(2,3)23(5,6)21-15-12-13-17(20)19(4,14-15)22-16-10-8-7-9-11-16/h7-13,15H,14H2,1-6H3/t15-,19+/m1/s1. The molecule has 0 aromatic heterocycles. The van der Waals surface area contributed by atoms with Gasteiger partial charge in [-0.15, -0.1) is 11.8 Å². The number of allylic oxidation sites excluding steroid dienone is 1. The lowest BCUT2D eigenvalue weighted by atomic mass is 9.92. The number of rotatable bonds is 4. The van der Waals surface area contributed by atoms with Crippen LogP contribution in [0.4, 0.5) is 0 Å². The summed E-state index contributed by atoms with van der Waals surface area (Å²) in [6.07, 6.45) is 4.43. The molecule has 2 rings (SSSR count). The van der Waals surface area contributed by atoms with Crippen molar-refractivity contribution >= 4 is 25.9 Å². The molecule has 1 aromatic carbocycles. The third-order valence-electron chi connectivity index (χ3n) is 4.91. The Labute approximate surface area is 145 Å². The Balaban J connectivity index is 2.15. The van der Waals surface area contributed by atoms with E-state index in [2.05, 4.69) is 46.0 Å². The number of hydrogen-bond acceptors (Lipinski definition) is 3. The van der Waals surface area contributed by atoms with Crippen molar-refractivity contribution in [3.63, 3.8) is 0 Å². The minimum Gasteiger partial charge on any atom is -0.410 e. The zero-order valence-corrected chi connectivity index (χ0v) is 16.9.